The number of morpholine rings is 1. The van der Waals surface area contributed by atoms with E-state index in [0.29, 0.717) is 32.1 Å². The van der Waals surface area contributed by atoms with Gasteiger partial charge in [-0.2, -0.15) is 13.2 Å². The van der Waals surface area contributed by atoms with E-state index in [-0.39, 0.29) is 35.6 Å². The van der Waals surface area contributed by atoms with Crippen molar-refractivity contribution < 1.29 is 27.1 Å². The molecule has 1 saturated heterocycles. The van der Waals surface area contributed by atoms with E-state index in [4.69, 9.17) is 9.15 Å². The molecule has 1 amide bonds. The molecule has 11 heteroatoms. The number of rotatable bonds is 7. The van der Waals surface area contributed by atoms with Crippen molar-refractivity contribution in [2.45, 2.75) is 24.3 Å². The first-order valence-electron chi connectivity index (χ1n) is 8.62. The predicted molar refractivity (Wildman–Crippen MR) is 96.0 cm³/mol. The van der Waals surface area contributed by atoms with Gasteiger partial charge < -0.3 is 19.4 Å². The summed E-state index contributed by atoms with van der Waals surface area (Å²) in [5.74, 6) is 0.866. The lowest BCUT2D eigenvalue weighted by Crippen LogP contribution is -2.37. The summed E-state index contributed by atoms with van der Waals surface area (Å²) in [5.41, 5.74) is -0.992. The van der Waals surface area contributed by atoms with E-state index in [0.717, 1.165) is 17.8 Å². The first kappa shape index (κ1) is 20.5. The van der Waals surface area contributed by atoms with Crippen LogP contribution in [-0.4, -0.2) is 47.9 Å². The van der Waals surface area contributed by atoms with Gasteiger partial charge in [-0.05, 0) is 12.1 Å². The van der Waals surface area contributed by atoms with Gasteiger partial charge in [0.25, 0.3) is 0 Å². The molecule has 0 spiro atoms. The van der Waals surface area contributed by atoms with Crippen molar-refractivity contribution in [1.29, 1.82) is 0 Å². The minimum atomic E-state index is -4.57. The van der Waals surface area contributed by atoms with Crippen LogP contribution in [0.5, 0.6) is 0 Å². The van der Waals surface area contributed by atoms with Crippen LogP contribution in [0, 0.1) is 0 Å². The van der Waals surface area contributed by atoms with Crippen molar-refractivity contribution in [3.8, 4) is 0 Å². The van der Waals surface area contributed by atoms with Crippen molar-refractivity contribution in [1.82, 2.24) is 15.3 Å². The molecule has 7 nitrogen and oxygen atoms in total. The van der Waals surface area contributed by atoms with Gasteiger partial charge in [0, 0.05) is 31.3 Å². The molecule has 0 atom stereocenters. The number of carbonyl (C=O) groups excluding carboxylic acids is 1. The Morgan fingerprint density at radius 3 is 2.75 bits per heavy atom. The van der Waals surface area contributed by atoms with Crippen LogP contribution < -0.4 is 10.2 Å². The minimum absolute atomic E-state index is 0.00449. The van der Waals surface area contributed by atoms with Gasteiger partial charge in [0.1, 0.15) is 11.6 Å². The van der Waals surface area contributed by atoms with Gasteiger partial charge in [0.05, 0.1) is 26.0 Å². The van der Waals surface area contributed by atoms with E-state index in [1.54, 1.807) is 17.0 Å². The number of amides is 1. The fourth-order valence-corrected chi connectivity index (χ4v) is 3.29. The number of alkyl halides is 3. The Morgan fingerprint density at radius 1 is 1.29 bits per heavy atom. The number of carbonyl (C=O) groups is 1. The topological polar surface area (TPSA) is 80.5 Å². The molecule has 2 aromatic heterocycles. The molecular weight excluding hydrogens is 397 g/mol. The Bertz CT molecular complexity index is 780. The molecule has 1 N–H and O–H groups in total. The number of hydrogen-bond acceptors (Lipinski definition) is 7. The fraction of sp³-hybridized carbons (Fsp3) is 0.471. The summed E-state index contributed by atoms with van der Waals surface area (Å²) < 4.78 is 49.9. The quantitative estimate of drug-likeness (QED) is 0.549. The Hall–Kier alpha value is -2.27. The minimum Gasteiger partial charge on any atom is -0.467 e. The van der Waals surface area contributed by atoms with E-state index in [1.165, 1.54) is 6.26 Å². The second-order valence-electron chi connectivity index (χ2n) is 5.95. The average molecular weight is 416 g/mol. The molecule has 0 radical (unpaired) electrons. The maximum absolute atomic E-state index is 13.2. The summed E-state index contributed by atoms with van der Waals surface area (Å²) in [5, 5.41) is 2.68. The number of aromatic nitrogens is 2. The highest BCUT2D eigenvalue weighted by molar-refractivity contribution is 7.99. The third kappa shape index (κ3) is 5.86. The lowest BCUT2D eigenvalue weighted by molar-refractivity contribution is -0.141. The van der Waals surface area contributed by atoms with Crippen LogP contribution >= 0.6 is 11.8 Å². The second-order valence-corrected chi connectivity index (χ2v) is 7.01. The van der Waals surface area contributed by atoms with Gasteiger partial charge in [-0.3, -0.25) is 4.79 Å². The normalized spacial score (nSPS) is 14.9. The van der Waals surface area contributed by atoms with Crippen LogP contribution in [0.2, 0.25) is 0 Å². The third-order valence-electron chi connectivity index (χ3n) is 3.92. The summed E-state index contributed by atoms with van der Waals surface area (Å²) >= 11 is 1.02. The molecule has 28 heavy (non-hydrogen) atoms. The Morgan fingerprint density at radius 2 is 2.07 bits per heavy atom. The number of nitrogens with one attached hydrogen (secondary N) is 1. The largest absolute Gasteiger partial charge is 0.467 e. The van der Waals surface area contributed by atoms with Gasteiger partial charge in [-0.15, -0.1) is 0 Å². The Labute approximate surface area is 163 Å². The zero-order chi connectivity index (χ0) is 20.0. The summed E-state index contributed by atoms with van der Waals surface area (Å²) in [6.07, 6.45) is -2.94. The fourth-order valence-electron chi connectivity index (χ4n) is 2.50. The number of nitrogens with zero attached hydrogens (tertiary/aromatic N) is 3. The highest BCUT2D eigenvalue weighted by Crippen LogP contribution is 2.31. The van der Waals surface area contributed by atoms with Gasteiger partial charge >= 0.3 is 6.18 Å². The van der Waals surface area contributed by atoms with Crippen LogP contribution in [0.3, 0.4) is 0 Å². The Balaban J connectivity index is 1.59. The van der Waals surface area contributed by atoms with E-state index in [9.17, 15) is 18.0 Å². The number of hydrogen-bond donors (Lipinski definition) is 1. The molecular formula is C17H19F3N4O3S. The molecule has 1 aliphatic rings. The number of furan rings is 1. The van der Waals surface area contributed by atoms with Gasteiger partial charge in [0.15, 0.2) is 10.9 Å². The predicted octanol–water partition coefficient (Wildman–Crippen LogP) is 2.72. The molecule has 3 rings (SSSR count). The lowest BCUT2D eigenvalue weighted by atomic mass is 10.3. The molecule has 0 saturated carbocycles. The van der Waals surface area contributed by atoms with Crippen molar-refractivity contribution in [3.05, 3.63) is 35.9 Å². The first-order valence-corrected chi connectivity index (χ1v) is 9.61. The number of halogens is 3. The summed E-state index contributed by atoms with van der Waals surface area (Å²) in [7, 11) is 0. The molecule has 3 heterocycles. The SMILES string of the molecule is O=C(CCSc1nc(N2CCOCC2)cc(C(F)(F)F)n1)NCc1ccco1. The van der Waals surface area contributed by atoms with Gasteiger partial charge in [0.2, 0.25) is 5.91 Å². The van der Waals surface area contributed by atoms with Crippen molar-refractivity contribution in [3.63, 3.8) is 0 Å². The smallest absolute Gasteiger partial charge is 0.433 e. The molecule has 152 valence electrons. The first-order chi connectivity index (χ1) is 13.4. The van der Waals surface area contributed by atoms with E-state index >= 15 is 0 Å². The zero-order valence-electron chi connectivity index (χ0n) is 14.9. The molecule has 1 fully saturated rings. The van der Waals surface area contributed by atoms with Gasteiger partial charge in [-0.1, -0.05) is 11.8 Å². The lowest BCUT2D eigenvalue weighted by Gasteiger charge is -2.28. The number of anilines is 1. The summed E-state index contributed by atoms with van der Waals surface area (Å²) in [6, 6.07) is 4.40. The van der Waals surface area contributed by atoms with Crippen molar-refractivity contribution >= 4 is 23.5 Å². The maximum Gasteiger partial charge on any atom is 0.433 e. The number of ether oxygens (including phenoxy) is 1. The van der Waals surface area contributed by atoms with Crippen LogP contribution in [0.1, 0.15) is 17.9 Å². The molecule has 0 aromatic carbocycles. The average Bonchev–Trinajstić information content (AvgIpc) is 3.20. The second kappa shape index (κ2) is 9.28. The standard InChI is InChI=1S/C17H19F3N4O3S/c18-17(19,20)13-10-14(24-4-7-26-8-5-24)23-16(22-13)28-9-3-15(25)21-11-12-2-1-6-27-12/h1-2,6,10H,3-5,7-9,11H2,(H,21,25). The van der Waals surface area contributed by atoms with Crippen LogP contribution in [0.4, 0.5) is 19.0 Å². The van der Waals surface area contributed by atoms with Crippen molar-refractivity contribution in [2.24, 2.45) is 0 Å². The summed E-state index contributed by atoms with van der Waals surface area (Å²) in [4.78, 5) is 21.4. The monoisotopic (exact) mass is 416 g/mol. The zero-order valence-corrected chi connectivity index (χ0v) is 15.7. The van der Waals surface area contributed by atoms with Crippen LogP contribution in [-0.2, 0) is 22.3 Å². The number of thioether (sulfide) groups is 1. The molecule has 1 aliphatic heterocycles. The molecule has 0 bridgehead atoms. The molecule has 0 unspecified atom stereocenters. The van der Waals surface area contributed by atoms with E-state index in [2.05, 4.69) is 15.3 Å². The third-order valence-corrected chi connectivity index (χ3v) is 4.77. The maximum atomic E-state index is 13.2. The highest BCUT2D eigenvalue weighted by atomic mass is 32.2. The molecule has 2 aromatic rings. The molecule has 0 aliphatic carbocycles. The van der Waals surface area contributed by atoms with Crippen molar-refractivity contribution in [2.75, 3.05) is 37.0 Å². The van der Waals surface area contributed by atoms with Crippen LogP contribution in [0.25, 0.3) is 0 Å². The summed E-state index contributed by atoms with van der Waals surface area (Å²) in [6.45, 7) is 2.06. The van der Waals surface area contributed by atoms with E-state index in [1.807, 2.05) is 0 Å². The van der Waals surface area contributed by atoms with E-state index < -0.39 is 11.9 Å². The Kier molecular flexibility index (Phi) is 6.79. The highest BCUT2D eigenvalue weighted by Gasteiger charge is 2.34. The van der Waals surface area contributed by atoms with Crippen LogP contribution in [0.15, 0.2) is 34.0 Å². The van der Waals surface area contributed by atoms with Gasteiger partial charge in [-0.25, -0.2) is 9.97 Å².